The van der Waals surface area contributed by atoms with E-state index in [9.17, 15) is 8.42 Å². The van der Waals surface area contributed by atoms with Gasteiger partial charge in [-0.15, -0.1) is 0 Å². The number of piperazine rings is 1. The minimum absolute atomic E-state index is 0.241. The van der Waals surface area contributed by atoms with Crippen LogP contribution in [0, 0.1) is 0 Å². The lowest BCUT2D eigenvalue weighted by molar-refractivity contribution is 0.148. The van der Waals surface area contributed by atoms with E-state index >= 15 is 0 Å². The third kappa shape index (κ3) is 6.36. The van der Waals surface area contributed by atoms with E-state index in [2.05, 4.69) is 44.3 Å². The molecule has 1 saturated heterocycles. The molecule has 1 aliphatic heterocycles. The summed E-state index contributed by atoms with van der Waals surface area (Å²) >= 11 is 6.38. The zero-order chi connectivity index (χ0) is 25.0. The monoisotopic (exact) mass is 514 g/mol. The van der Waals surface area contributed by atoms with Gasteiger partial charge in [-0.3, -0.25) is 4.90 Å². The topological polar surface area (TPSA) is 81.7 Å². The van der Waals surface area contributed by atoms with Crippen molar-refractivity contribution in [1.82, 2.24) is 24.1 Å². The van der Waals surface area contributed by atoms with E-state index in [1.54, 1.807) is 18.2 Å². The van der Waals surface area contributed by atoms with Crippen LogP contribution in [0.5, 0.6) is 0 Å². The molecule has 10 heteroatoms. The molecule has 0 saturated carbocycles. The molecule has 2 aromatic carbocycles. The fourth-order valence-electron chi connectivity index (χ4n) is 3.95. The lowest BCUT2D eigenvalue weighted by atomic mass is 10.1. The van der Waals surface area contributed by atoms with Gasteiger partial charge in [0, 0.05) is 58.9 Å². The summed E-state index contributed by atoms with van der Waals surface area (Å²) in [5.74, 6) is 0.407. The van der Waals surface area contributed by atoms with Crippen LogP contribution in [0.15, 0.2) is 59.6 Å². The normalized spacial score (nSPS) is 15.5. The molecule has 35 heavy (non-hydrogen) atoms. The number of benzene rings is 2. The molecule has 1 fully saturated rings. The summed E-state index contributed by atoms with van der Waals surface area (Å²) in [5, 5.41) is 3.61. The zero-order valence-electron chi connectivity index (χ0n) is 20.3. The van der Waals surface area contributed by atoms with Crippen LogP contribution in [0.1, 0.15) is 16.8 Å². The molecule has 0 spiro atoms. The SMILES string of the molecule is CN1CCN(Cc2ccc(Nc3ncc(Cl)c(Cc4ccccc4S(=O)(=O)N(C)C)n3)cc2)CC1. The number of nitrogens with one attached hydrogen (secondary N) is 1. The molecule has 4 rings (SSSR count). The molecule has 0 unspecified atom stereocenters. The molecule has 0 radical (unpaired) electrons. The average molecular weight is 515 g/mol. The van der Waals surface area contributed by atoms with E-state index in [0.29, 0.717) is 22.2 Å². The first-order chi connectivity index (χ1) is 16.7. The summed E-state index contributed by atoms with van der Waals surface area (Å²) in [7, 11) is 1.60. The van der Waals surface area contributed by atoms with Gasteiger partial charge in [-0.2, -0.15) is 0 Å². The van der Waals surface area contributed by atoms with E-state index in [1.165, 1.54) is 30.2 Å². The van der Waals surface area contributed by atoms with Crippen LogP contribution in [0.3, 0.4) is 0 Å². The van der Waals surface area contributed by atoms with Crippen molar-refractivity contribution in [1.29, 1.82) is 0 Å². The van der Waals surface area contributed by atoms with E-state index < -0.39 is 10.0 Å². The minimum Gasteiger partial charge on any atom is -0.324 e. The van der Waals surface area contributed by atoms with Crippen LogP contribution in [0.2, 0.25) is 5.02 Å². The predicted octanol–water partition coefficient (Wildman–Crippen LogP) is 3.46. The van der Waals surface area contributed by atoms with Crippen LogP contribution in [0.4, 0.5) is 11.6 Å². The van der Waals surface area contributed by atoms with Crippen molar-refractivity contribution in [3.05, 3.63) is 76.6 Å². The number of aromatic nitrogens is 2. The van der Waals surface area contributed by atoms with E-state index in [-0.39, 0.29) is 11.3 Å². The van der Waals surface area contributed by atoms with Crippen LogP contribution in [0.25, 0.3) is 0 Å². The molecule has 0 atom stereocenters. The van der Waals surface area contributed by atoms with Crippen LogP contribution in [-0.4, -0.2) is 79.8 Å². The van der Waals surface area contributed by atoms with Gasteiger partial charge in [-0.25, -0.2) is 22.7 Å². The molecule has 186 valence electrons. The maximum Gasteiger partial charge on any atom is 0.242 e. The van der Waals surface area contributed by atoms with Gasteiger partial charge in [0.2, 0.25) is 16.0 Å². The lowest BCUT2D eigenvalue weighted by Crippen LogP contribution is -2.43. The maximum atomic E-state index is 12.7. The maximum absolute atomic E-state index is 12.7. The summed E-state index contributed by atoms with van der Waals surface area (Å²) < 4.78 is 26.7. The number of nitrogens with zero attached hydrogens (tertiary/aromatic N) is 5. The number of hydrogen-bond acceptors (Lipinski definition) is 7. The molecule has 8 nitrogen and oxygen atoms in total. The van der Waals surface area contributed by atoms with E-state index in [1.807, 2.05) is 18.2 Å². The summed E-state index contributed by atoms with van der Waals surface area (Å²) in [5.41, 5.74) is 3.31. The molecule has 2 heterocycles. The highest BCUT2D eigenvalue weighted by Crippen LogP contribution is 2.25. The fourth-order valence-corrected chi connectivity index (χ4v) is 5.23. The minimum atomic E-state index is -3.59. The highest BCUT2D eigenvalue weighted by molar-refractivity contribution is 7.89. The van der Waals surface area contributed by atoms with Gasteiger partial charge < -0.3 is 10.2 Å². The number of anilines is 2. The standard InChI is InChI=1S/C25H31ClN6O2S/c1-30(2)35(33,34)24-7-5-4-6-20(24)16-23-22(26)17-27-25(29-23)28-21-10-8-19(9-11-21)18-32-14-12-31(3)13-15-32/h4-11,17H,12-16,18H2,1-3H3,(H,27,28,29). The summed E-state index contributed by atoms with van der Waals surface area (Å²) in [6.07, 6.45) is 1.81. The zero-order valence-corrected chi connectivity index (χ0v) is 21.8. The second kappa shape index (κ2) is 11.0. The van der Waals surface area contributed by atoms with Crippen molar-refractivity contribution in [3.63, 3.8) is 0 Å². The third-order valence-corrected chi connectivity index (χ3v) is 8.35. The molecule has 1 aromatic heterocycles. The Kier molecular flexibility index (Phi) is 8.03. The Morgan fingerprint density at radius 2 is 1.71 bits per heavy atom. The van der Waals surface area contributed by atoms with Gasteiger partial charge in [0.15, 0.2) is 0 Å². The Bertz CT molecular complexity index is 1260. The molecular formula is C25H31ClN6O2S. The van der Waals surface area contributed by atoms with E-state index in [0.717, 1.165) is 38.4 Å². The van der Waals surface area contributed by atoms with Gasteiger partial charge in [-0.1, -0.05) is 41.9 Å². The number of likely N-dealkylation sites (N-methyl/N-ethyl adjacent to an activating group) is 1. The van der Waals surface area contributed by atoms with Crippen molar-refractivity contribution in [2.24, 2.45) is 0 Å². The molecule has 1 aliphatic rings. The quantitative estimate of drug-likeness (QED) is 0.493. The fraction of sp³-hybridized carbons (Fsp3) is 0.360. The number of hydrogen-bond donors (Lipinski definition) is 1. The van der Waals surface area contributed by atoms with Crippen molar-refractivity contribution in [3.8, 4) is 0 Å². The smallest absolute Gasteiger partial charge is 0.242 e. The van der Waals surface area contributed by atoms with Crippen molar-refractivity contribution < 1.29 is 8.42 Å². The highest BCUT2D eigenvalue weighted by atomic mass is 35.5. The molecule has 0 aliphatic carbocycles. The first kappa shape index (κ1) is 25.5. The van der Waals surface area contributed by atoms with Gasteiger partial charge in [0.1, 0.15) is 0 Å². The van der Waals surface area contributed by atoms with Crippen molar-refractivity contribution in [2.75, 3.05) is 52.6 Å². The van der Waals surface area contributed by atoms with E-state index in [4.69, 9.17) is 11.6 Å². The van der Waals surface area contributed by atoms with Gasteiger partial charge in [-0.05, 0) is 36.4 Å². The summed E-state index contributed by atoms with van der Waals surface area (Å²) in [4.78, 5) is 13.9. The lowest BCUT2D eigenvalue weighted by Gasteiger charge is -2.32. The number of halogens is 1. The van der Waals surface area contributed by atoms with Gasteiger partial charge >= 0.3 is 0 Å². The molecule has 0 bridgehead atoms. The van der Waals surface area contributed by atoms with Crippen molar-refractivity contribution in [2.45, 2.75) is 17.9 Å². The van der Waals surface area contributed by atoms with Crippen LogP contribution in [-0.2, 0) is 23.0 Å². The van der Waals surface area contributed by atoms with Crippen LogP contribution >= 0.6 is 11.6 Å². The Hall–Kier alpha value is -2.56. The Labute approximate surface area is 212 Å². The number of sulfonamides is 1. The summed E-state index contributed by atoms with van der Waals surface area (Å²) in [6.45, 7) is 5.29. The Balaban J connectivity index is 1.47. The predicted molar refractivity (Wildman–Crippen MR) is 140 cm³/mol. The third-order valence-electron chi connectivity index (χ3n) is 6.12. The largest absolute Gasteiger partial charge is 0.324 e. The van der Waals surface area contributed by atoms with Gasteiger partial charge in [0.05, 0.1) is 21.8 Å². The Morgan fingerprint density at radius 3 is 2.40 bits per heavy atom. The highest BCUT2D eigenvalue weighted by Gasteiger charge is 2.22. The van der Waals surface area contributed by atoms with Crippen LogP contribution < -0.4 is 5.32 Å². The summed E-state index contributed by atoms with van der Waals surface area (Å²) in [6, 6.07) is 15.1. The second-order valence-corrected chi connectivity index (χ2v) is 11.5. The first-order valence-corrected chi connectivity index (χ1v) is 13.3. The van der Waals surface area contributed by atoms with Gasteiger partial charge in [0.25, 0.3) is 0 Å². The molecule has 1 N–H and O–H groups in total. The Morgan fingerprint density at radius 1 is 1.03 bits per heavy atom. The number of rotatable bonds is 8. The molecule has 0 amide bonds. The molecular weight excluding hydrogens is 484 g/mol. The first-order valence-electron chi connectivity index (χ1n) is 11.5. The average Bonchev–Trinajstić information content (AvgIpc) is 2.84. The molecule has 3 aromatic rings. The van der Waals surface area contributed by atoms with Crippen molar-refractivity contribution >= 4 is 33.3 Å². The second-order valence-electron chi connectivity index (χ2n) is 8.96.